The third-order valence-electron chi connectivity index (χ3n) is 2.96. The third-order valence-corrected chi connectivity index (χ3v) is 2.96. The van der Waals surface area contributed by atoms with Crippen LogP contribution >= 0.6 is 0 Å². The summed E-state index contributed by atoms with van der Waals surface area (Å²) in [6, 6.07) is 6.27. The molecule has 14 heavy (non-hydrogen) atoms. The van der Waals surface area contributed by atoms with Gasteiger partial charge in [-0.1, -0.05) is 6.07 Å². The van der Waals surface area contributed by atoms with Crippen molar-refractivity contribution >= 4 is 0 Å². The lowest BCUT2D eigenvalue weighted by molar-refractivity contribution is 0.312. The molecule has 0 bridgehead atoms. The van der Waals surface area contributed by atoms with Crippen LogP contribution in [0.2, 0.25) is 0 Å². The number of hydrogen-bond acceptors (Lipinski definition) is 2. The van der Waals surface area contributed by atoms with Gasteiger partial charge in [-0.2, -0.15) is 5.26 Å². The lowest BCUT2D eigenvalue weighted by Crippen LogP contribution is -2.27. The molecule has 1 aliphatic heterocycles. The van der Waals surface area contributed by atoms with Gasteiger partial charge in [-0.3, -0.25) is 0 Å². The summed E-state index contributed by atoms with van der Waals surface area (Å²) in [5.74, 6) is 0. The Hall–Kier alpha value is -1.33. The SMILES string of the molecule is Cc1ccc(C#N)c2c1CN(C)CC2. The van der Waals surface area contributed by atoms with Gasteiger partial charge in [0, 0.05) is 13.1 Å². The van der Waals surface area contributed by atoms with E-state index < -0.39 is 0 Å². The van der Waals surface area contributed by atoms with Crippen LogP contribution in [0.25, 0.3) is 0 Å². The standard InChI is InChI=1S/C12H14N2/c1-9-3-4-10(7-13)11-5-6-14(2)8-12(9)11/h3-4H,5-6,8H2,1-2H3. The van der Waals surface area contributed by atoms with E-state index >= 15 is 0 Å². The van der Waals surface area contributed by atoms with E-state index in [2.05, 4.69) is 31.0 Å². The second-order valence-corrected chi connectivity index (χ2v) is 3.99. The number of likely N-dealkylation sites (N-methyl/N-ethyl adjacent to an activating group) is 1. The highest BCUT2D eigenvalue weighted by Gasteiger charge is 2.17. The van der Waals surface area contributed by atoms with Crippen LogP contribution in [0.3, 0.4) is 0 Å². The first kappa shape index (κ1) is 9.23. The molecule has 1 aromatic carbocycles. The van der Waals surface area contributed by atoms with E-state index in [4.69, 9.17) is 5.26 Å². The molecule has 0 saturated carbocycles. The first-order valence-electron chi connectivity index (χ1n) is 4.92. The van der Waals surface area contributed by atoms with Crippen LogP contribution in [-0.2, 0) is 13.0 Å². The van der Waals surface area contributed by atoms with Gasteiger partial charge in [0.05, 0.1) is 11.6 Å². The van der Waals surface area contributed by atoms with Crippen molar-refractivity contribution in [3.8, 4) is 6.07 Å². The Balaban J connectivity index is 2.55. The second kappa shape index (κ2) is 3.43. The smallest absolute Gasteiger partial charge is 0.0994 e. The zero-order valence-electron chi connectivity index (χ0n) is 8.67. The van der Waals surface area contributed by atoms with Crippen LogP contribution in [-0.4, -0.2) is 18.5 Å². The number of nitriles is 1. The van der Waals surface area contributed by atoms with Gasteiger partial charge in [-0.25, -0.2) is 0 Å². The van der Waals surface area contributed by atoms with Gasteiger partial charge in [0.2, 0.25) is 0 Å². The summed E-state index contributed by atoms with van der Waals surface area (Å²) in [7, 11) is 2.13. The Kier molecular flexibility index (Phi) is 2.26. The largest absolute Gasteiger partial charge is 0.302 e. The summed E-state index contributed by atoms with van der Waals surface area (Å²) in [5.41, 5.74) is 4.80. The highest BCUT2D eigenvalue weighted by Crippen LogP contribution is 2.24. The molecular formula is C12H14N2. The summed E-state index contributed by atoms with van der Waals surface area (Å²) in [5, 5.41) is 8.99. The number of fused-ring (bicyclic) bond motifs is 1. The molecule has 0 N–H and O–H groups in total. The Labute approximate surface area is 84.8 Å². The number of hydrogen-bond donors (Lipinski definition) is 0. The Morgan fingerprint density at radius 2 is 2.14 bits per heavy atom. The summed E-state index contributed by atoms with van der Waals surface area (Å²) in [4.78, 5) is 2.30. The summed E-state index contributed by atoms with van der Waals surface area (Å²) >= 11 is 0. The average molecular weight is 186 g/mol. The van der Waals surface area contributed by atoms with E-state index in [1.807, 2.05) is 6.07 Å². The fourth-order valence-corrected chi connectivity index (χ4v) is 2.07. The highest BCUT2D eigenvalue weighted by molar-refractivity contribution is 5.47. The maximum atomic E-state index is 8.99. The molecule has 0 unspecified atom stereocenters. The van der Waals surface area contributed by atoms with Crippen LogP contribution in [0, 0.1) is 18.3 Å². The van der Waals surface area contributed by atoms with Gasteiger partial charge < -0.3 is 4.90 Å². The molecule has 0 atom stereocenters. The predicted octanol–water partition coefficient (Wildman–Crippen LogP) is 1.85. The first-order chi connectivity index (χ1) is 6.72. The fourth-order valence-electron chi connectivity index (χ4n) is 2.07. The lowest BCUT2D eigenvalue weighted by atomic mass is 9.92. The van der Waals surface area contributed by atoms with Gasteiger partial charge in [-0.05, 0) is 43.1 Å². The molecule has 1 aliphatic rings. The maximum absolute atomic E-state index is 8.99. The highest BCUT2D eigenvalue weighted by atomic mass is 15.1. The molecule has 72 valence electrons. The van der Waals surface area contributed by atoms with Gasteiger partial charge in [0.25, 0.3) is 0 Å². The van der Waals surface area contributed by atoms with Gasteiger partial charge >= 0.3 is 0 Å². The summed E-state index contributed by atoms with van der Waals surface area (Å²) in [6.45, 7) is 4.17. The van der Waals surface area contributed by atoms with E-state index in [-0.39, 0.29) is 0 Å². The predicted molar refractivity (Wildman–Crippen MR) is 55.9 cm³/mol. The van der Waals surface area contributed by atoms with Crippen LogP contribution in [0.4, 0.5) is 0 Å². The van der Waals surface area contributed by atoms with Crippen molar-refractivity contribution in [3.63, 3.8) is 0 Å². The van der Waals surface area contributed by atoms with Crippen molar-refractivity contribution in [2.75, 3.05) is 13.6 Å². The maximum Gasteiger partial charge on any atom is 0.0994 e. The van der Waals surface area contributed by atoms with Crippen molar-refractivity contribution in [2.45, 2.75) is 19.9 Å². The molecule has 1 heterocycles. The molecule has 0 fully saturated rings. The van der Waals surface area contributed by atoms with Crippen molar-refractivity contribution in [1.82, 2.24) is 4.90 Å². The molecule has 0 amide bonds. The Bertz CT molecular complexity index is 402. The average Bonchev–Trinajstić information content (AvgIpc) is 2.19. The van der Waals surface area contributed by atoms with Crippen molar-refractivity contribution in [2.24, 2.45) is 0 Å². The molecule has 0 radical (unpaired) electrons. The van der Waals surface area contributed by atoms with E-state index in [9.17, 15) is 0 Å². The molecule has 2 nitrogen and oxygen atoms in total. The van der Waals surface area contributed by atoms with E-state index in [0.29, 0.717) is 0 Å². The van der Waals surface area contributed by atoms with Crippen molar-refractivity contribution < 1.29 is 0 Å². The number of nitrogens with zero attached hydrogens (tertiary/aromatic N) is 2. The molecule has 2 rings (SSSR count). The number of aryl methyl sites for hydroxylation is 1. The van der Waals surface area contributed by atoms with Gasteiger partial charge in [-0.15, -0.1) is 0 Å². The number of rotatable bonds is 0. The lowest BCUT2D eigenvalue weighted by Gasteiger charge is -2.27. The zero-order valence-corrected chi connectivity index (χ0v) is 8.67. The zero-order chi connectivity index (χ0) is 10.1. The minimum Gasteiger partial charge on any atom is -0.302 e. The van der Waals surface area contributed by atoms with Crippen LogP contribution in [0.15, 0.2) is 12.1 Å². The second-order valence-electron chi connectivity index (χ2n) is 3.99. The molecular weight excluding hydrogens is 172 g/mol. The van der Waals surface area contributed by atoms with E-state index in [1.54, 1.807) is 0 Å². The van der Waals surface area contributed by atoms with E-state index in [0.717, 1.165) is 25.1 Å². The fraction of sp³-hybridized carbons (Fsp3) is 0.417. The normalized spacial score (nSPS) is 16.1. The Morgan fingerprint density at radius 3 is 2.86 bits per heavy atom. The molecule has 0 aliphatic carbocycles. The third kappa shape index (κ3) is 1.40. The minimum atomic E-state index is 0.860. The summed E-state index contributed by atoms with van der Waals surface area (Å²) in [6.07, 6.45) is 1.01. The van der Waals surface area contributed by atoms with Crippen molar-refractivity contribution in [3.05, 3.63) is 34.4 Å². The summed E-state index contributed by atoms with van der Waals surface area (Å²) < 4.78 is 0. The topological polar surface area (TPSA) is 27.0 Å². The molecule has 0 aromatic heterocycles. The van der Waals surface area contributed by atoms with Crippen molar-refractivity contribution in [1.29, 1.82) is 5.26 Å². The number of benzene rings is 1. The quantitative estimate of drug-likeness (QED) is 0.618. The van der Waals surface area contributed by atoms with Gasteiger partial charge in [0.15, 0.2) is 0 Å². The van der Waals surface area contributed by atoms with E-state index in [1.165, 1.54) is 16.7 Å². The Morgan fingerprint density at radius 1 is 1.36 bits per heavy atom. The molecule has 0 spiro atoms. The minimum absolute atomic E-state index is 0.860. The molecule has 1 aromatic rings. The van der Waals surface area contributed by atoms with Crippen LogP contribution in [0.5, 0.6) is 0 Å². The molecule has 2 heteroatoms. The monoisotopic (exact) mass is 186 g/mol. The van der Waals surface area contributed by atoms with Crippen LogP contribution in [0.1, 0.15) is 22.3 Å². The van der Waals surface area contributed by atoms with Gasteiger partial charge in [0.1, 0.15) is 0 Å². The van der Waals surface area contributed by atoms with Crippen LogP contribution < -0.4 is 0 Å². The first-order valence-corrected chi connectivity index (χ1v) is 4.92. The molecule has 0 saturated heterocycles.